The van der Waals surface area contributed by atoms with Crippen molar-refractivity contribution in [3.8, 4) is 0 Å². The summed E-state index contributed by atoms with van der Waals surface area (Å²) in [6, 6.07) is 0. The molecule has 1 rings (SSSR count). The van der Waals surface area contributed by atoms with E-state index in [1.54, 1.807) is 0 Å². The van der Waals surface area contributed by atoms with Gasteiger partial charge in [0, 0.05) is 24.7 Å². The van der Waals surface area contributed by atoms with Crippen LogP contribution in [0, 0.1) is 5.41 Å². The Morgan fingerprint density at radius 2 is 2.25 bits per heavy atom. The molecule has 1 saturated carbocycles. The van der Waals surface area contributed by atoms with Gasteiger partial charge in [0.15, 0.2) is 0 Å². The fourth-order valence-corrected chi connectivity index (χ4v) is 1.83. The van der Waals surface area contributed by atoms with Crippen molar-refractivity contribution in [2.75, 3.05) is 0 Å². The highest BCUT2D eigenvalue weighted by Gasteiger charge is 2.38. The average molecular weight is 168 g/mol. The molecule has 2 nitrogen and oxygen atoms in total. The minimum absolute atomic E-state index is 0.216. The second kappa shape index (κ2) is 3.38. The SMILES string of the molecule is CCC(=O)CC1(C)CCCC1=O. The lowest BCUT2D eigenvalue weighted by Crippen LogP contribution is -2.24. The Labute approximate surface area is 73.3 Å². The Hall–Kier alpha value is -0.660. The van der Waals surface area contributed by atoms with Crippen LogP contribution in [-0.4, -0.2) is 11.6 Å². The van der Waals surface area contributed by atoms with Crippen LogP contribution in [0.1, 0.15) is 46.0 Å². The van der Waals surface area contributed by atoms with Gasteiger partial charge in [-0.25, -0.2) is 0 Å². The monoisotopic (exact) mass is 168 g/mol. The Kier molecular flexibility index (Phi) is 2.65. The van der Waals surface area contributed by atoms with Crippen molar-refractivity contribution in [2.45, 2.75) is 46.0 Å². The van der Waals surface area contributed by atoms with Gasteiger partial charge in [-0.1, -0.05) is 13.8 Å². The van der Waals surface area contributed by atoms with E-state index in [0.29, 0.717) is 19.3 Å². The van der Waals surface area contributed by atoms with Crippen molar-refractivity contribution in [1.82, 2.24) is 0 Å². The first-order chi connectivity index (χ1) is 5.58. The number of hydrogen-bond acceptors (Lipinski definition) is 2. The fourth-order valence-electron chi connectivity index (χ4n) is 1.83. The van der Waals surface area contributed by atoms with Gasteiger partial charge in [0.25, 0.3) is 0 Å². The molecule has 68 valence electrons. The second-order valence-corrected chi connectivity index (χ2v) is 3.91. The van der Waals surface area contributed by atoms with E-state index in [9.17, 15) is 9.59 Å². The van der Waals surface area contributed by atoms with E-state index in [2.05, 4.69) is 0 Å². The highest BCUT2D eigenvalue weighted by atomic mass is 16.1. The maximum absolute atomic E-state index is 11.4. The second-order valence-electron chi connectivity index (χ2n) is 3.91. The minimum atomic E-state index is -0.312. The molecule has 1 fully saturated rings. The third-order valence-corrected chi connectivity index (χ3v) is 2.79. The molecule has 0 spiro atoms. The molecule has 0 aliphatic heterocycles. The number of carbonyl (C=O) groups is 2. The maximum Gasteiger partial charge on any atom is 0.139 e. The van der Waals surface area contributed by atoms with E-state index >= 15 is 0 Å². The first-order valence-corrected chi connectivity index (χ1v) is 4.63. The molecular weight excluding hydrogens is 152 g/mol. The number of Topliss-reactive ketones (excluding diaryl/α,β-unsaturated/α-hetero) is 2. The molecule has 0 aromatic carbocycles. The first-order valence-electron chi connectivity index (χ1n) is 4.63. The van der Waals surface area contributed by atoms with E-state index < -0.39 is 0 Å². The van der Waals surface area contributed by atoms with E-state index in [-0.39, 0.29) is 17.0 Å². The molecule has 0 heterocycles. The van der Waals surface area contributed by atoms with Crippen molar-refractivity contribution < 1.29 is 9.59 Å². The molecule has 0 N–H and O–H groups in total. The van der Waals surface area contributed by atoms with E-state index in [0.717, 1.165) is 12.8 Å². The van der Waals surface area contributed by atoms with Crippen LogP contribution in [0.3, 0.4) is 0 Å². The molecule has 12 heavy (non-hydrogen) atoms. The van der Waals surface area contributed by atoms with Crippen LogP contribution < -0.4 is 0 Å². The summed E-state index contributed by atoms with van der Waals surface area (Å²) < 4.78 is 0. The molecule has 0 aromatic heterocycles. The summed E-state index contributed by atoms with van der Waals surface area (Å²) in [7, 11) is 0. The molecule has 0 saturated heterocycles. The first kappa shape index (κ1) is 9.43. The molecule has 2 heteroatoms. The van der Waals surface area contributed by atoms with Gasteiger partial charge in [-0.2, -0.15) is 0 Å². The lowest BCUT2D eigenvalue weighted by molar-refractivity contribution is -0.130. The molecule has 0 amide bonds. The lowest BCUT2D eigenvalue weighted by Gasteiger charge is -2.19. The third kappa shape index (κ3) is 1.74. The van der Waals surface area contributed by atoms with Gasteiger partial charge >= 0.3 is 0 Å². The number of rotatable bonds is 3. The Bertz CT molecular complexity index is 208. The number of hydrogen-bond donors (Lipinski definition) is 0. The Morgan fingerprint density at radius 1 is 1.58 bits per heavy atom. The Morgan fingerprint density at radius 3 is 2.67 bits per heavy atom. The molecule has 0 radical (unpaired) electrons. The normalized spacial score (nSPS) is 29.3. The zero-order valence-corrected chi connectivity index (χ0v) is 7.85. The van der Waals surface area contributed by atoms with Crippen LogP contribution in [0.2, 0.25) is 0 Å². The predicted molar refractivity (Wildman–Crippen MR) is 46.9 cm³/mol. The molecule has 1 atom stereocenters. The number of ketones is 2. The molecule has 1 aliphatic rings. The van der Waals surface area contributed by atoms with Gasteiger partial charge in [-0.3, -0.25) is 9.59 Å². The van der Waals surface area contributed by atoms with Crippen molar-refractivity contribution in [1.29, 1.82) is 0 Å². The van der Waals surface area contributed by atoms with Crippen LogP contribution in [-0.2, 0) is 9.59 Å². The van der Waals surface area contributed by atoms with Crippen LogP contribution in [0.25, 0.3) is 0 Å². The van der Waals surface area contributed by atoms with Crippen molar-refractivity contribution >= 4 is 11.6 Å². The zero-order chi connectivity index (χ0) is 9.19. The van der Waals surface area contributed by atoms with E-state index in [1.165, 1.54) is 0 Å². The molecule has 0 bridgehead atoms. The topological polar surface area (TPSA) is 34.1 Å². The van der Waals surface area contributed by atoms with Crippen molar-refractivity contribution in [3.63, 3.8) is 0 Å². The lowest BCUT2D eigenvalue weighted by atomic mass is 9.82. The summed E-state index contributed by atoms with van der Waals surface area (Å²) in [6.45, 7) is 3.78. The molecular formula is C10H16O2. The summed E-state index contributed by atoms with van der Waals surface area (Å²) in [6.07, 6.45) is 3.56. The summed E-state index contributed by atoms with van der Waals surface area (Å²) in [4.78, 5) is 22.6. The standard InChI is InChI=1S/C10H16O2/c1-3-8(11)7-10(2)6-4-5-9(10)12/h3-7H2,1-2H3. The van der Waals surface area contributed by atoms with E-state index in [1.807, 2.05) is 13.8 Å². The van der Waals surface area contributed by atoms with Crippen molar-refractivity contribution in [3.05, 3.63) is 0 Å². The predicted octanol–water partition coefficient (Wildman–Crippen LogP) is 2.11. The van der Waals surface area contributed by atoms with Crippen molar-refractivity contribution in [2.24, 2.45) is 5.41 Å². The smallest absolute Gasteiger partial charge is 0.139 e. The average Bonchev–Trinajstić information content (AvgIpc) is 2.32. The van der Waals surface area contributed by atoms with Gasteiger partial charge in [-0.15, -0.1) is 0 Å². The van der Waals surface area contributed by atoms with Gasteiger partial charge in [-0.05, 0) is 12.8 Å². The number of carbonyl (C=O) groups excluding carboxylic acids is 2. The van der Waals surface area contributed by atoms with Crippen LogP contribution in [0.4, 0.5) is 0 Å². The molecule has 1 aliphatic carbocycles. The highest BCUT2D eigenvalue weighted by molar-refractivity contribution is 5.91. The molecule has 0 aromatic rings. The van der Waals surface area contributed by atoms with Gasteiger partial charge in [0.1, 0.15) is 11.6 Å². The summed E-state index contributed by atoms with van der Waals surface area (Å²) >= 11 is 0. The van der Waals surface area contributed by atoms with Gasteiger partial charge < -0.3 is 0 Å². The van der Waals surface area contributed by atoms with E-state index in [4.69, 9.17) is 0 Å². The Balaban J connectivity index is 2.59. The van der Waals surface area contributed by atoms with Crippen LogP contribution in [0.5, 0.6) is 0 Å². The fraction of sp³-hybridized carbons (Fsp3) is 0.800. The highest BCUT2D eigenvalue weighted by Crippen LogP contribution is 2.37. The third-order valence-electron chi connectivity index (χ3n) is 2.79. The quantitative estimate of drug-likeness (QED) is 0.646. The van der Waals surface area contributed by atoms with Crippen LogP contribution >= 0.6 is 0 Å². The minimum Gasteiger partial charge on any atom is -0.300 e. The molecule has 1 unspecified atom stereocenters. The zero-order valence-electron chi connectivity index (χ0n) is 7.85. The summed E-state index contributed by atoms with van der Waals surface area (Å²) in [5.41, 5.74) is -0.312. The van der Waals surface area contributed by atoms with Gasteiger partial charge in [0.05, 0.1) is 0 Å². The van der Waals surface area contributed by atoms with Crippen LogP contribution in [0.15, 0.2) is 0 Å². The maximum atomic E-state index is 11.4. The van der Waals surface area contributed by atoms with Gasteiger partial charge in [0.2, 0.25) is 0 Å². The summed E-state index contributed by atoms with van der Waals surface area (Å²) in [5.74, 6) is 0.497. The largest absolute Gasteiger partial charge is 0.300 e. The summed E-state index contributed by atoms with van der Waals surface area (Å²) in [5, 5.41) is 0.